The topological polar surface area (TPSA) is 132 Å². The molecule has 0 rings (SSSR count). The first-order valence-electron chi connectivity index (χ1n) is 8.16. The molecule has 0 aliphatic rings. The van der Waals surface area contributed by atoms with Crippen LogP contribution in [0.2, 0.25) is 0 Å². The van der Waals surface area contributed by atoms with Gasteiger partial charge in [0.1, 0.15) is 0 Å². The van der Waals surface area contributed by atoms with Crippen molar-refractivity contribution in [3.8, 4) is 0 Å². The molecule has 0 bridgehead atoms. The Labute approximate surface area is 196 Å². The summed E-state index contributed by atoms with van der Waals surface area (Å²) in [4.78, 5) is 33.1. The Morgan fingerprint density at radius 1 is 0.880 bits per heavy atom. The average Bonchev–Trinajstić information content (AvgIpc) is 2.44. The molecule has 9 heteroatoms. The summed E-state index contributed by atoms with van der Waals surface area (Å²) >= 11 is 0. The van der Waals surface area contributed by atoms with Crippen LogP contribution in [-0.4, -0.2) is 43.9 Å². The van der Waals surface area contributed by atoms with Crippen molar-refractivity contribution >= 4 is 17.9 Å². The quantitative estimate of drug-likeness (QED) is 0.184. The second kappa shape index (κ2) is 16.5. The third kappa shape index (κ3) is 12.4. The summed E-state index contributed by atoms with van der Waals surface area (Å²) in [6.45, 7) is 2.13. The standard InChI is InChI=1S/C16H28O7.2Na.2H/c1-2-3-4-5-6-7-8-9-10-12(14(19)20)16(23,15(21)22)11-13(17)18;;;;/h12,23H,2-11H2,1H3,(H,17,18)(H,19,20)(H,21,22);;;;/q;2*+1;2*-1. The maximum Gasteiger partial charge on any atom is 1.00 e. The fourth-order valence-corrected chi connectivity index (χ4v) is 2.63. The number of rotatable bonds is 14. The van der Waals surface area contributed by atoms with Crippen LogP contribution in [0.4, 0.5) is 0 Å². The fourth-order valence-electron chi connectivity index (χ4n) is 2.63. The van der Waals surface area contributed by atoms with Crippen LogP contribution in [0, 0.1) is 5.92 Å². The molecule has 0 aliphatic heterocycles. The Morgan fingerprint density at radius 3 is 1.68 bits per heavy atom. The molecule has 0 aliphatic carbocycles. The zero-order chi connectivity index (χ0) is 17.9. The molecule has 2 unspecified atom stereocenters. The minimum Gasteiger partial charge on any atom is -1.00 e. The summed E-state index contributed by atoms with van der Waals surface area (Å²) in [6.07, 6.45) is 6.60. The summed E-state index contributed by atoms with van der Waals surface area (Å²) < 4.78 is 0. The van der Waals surface area contributed by atoms with Gasteiger partial charge in [-0.2, -0.15) is 0 Å². The first-order chi connectivity index (χ1) is 10.8. The van der Waals surface area contributed by atoms with Gasteiger partial charge in [-0.1, -0.05) is 58.3 Å². The molecule has 138 valence electrons. The van der Waals surface area contributed by atoms with E-state index in [2.05, 4.69) is 6.92 Å². The van der Waals surface area contributed by atoms with Gasteiger partial charge >= 0.3 is 77.0 Å². The van der Waals surface area contributed by atoms with E-state index in [9.17, 15) is 19.5 Å². The maximum absolute atomic E-state index is 11.3. The molecule has 0 spiro atoms. The Balaban J connectivity index is -0.000000403. The van der Waals surface area contributed by atoms with E-state index < -0.39 is 35.8 Å². The van der Waals surface area contributed by atoms with Gasteiger partial charge in [0, 0.05) is 0 Å². The Morgan fingerprint density at radius 2 is 1.32 bits per heavy atom. The molecule has 25 heavy (non-hydrogen) atoms. The SMILES string of the molecule is CCCCCCCCCCC(C(=O)O)C(O)(CC(=O)O)C(=O)O.[H-].[H-].[Na+].[Na+]. The second-order valence-corrected chi connectivity index (χ2v) is 5.95. The average molecular weight is 380 g/mol. The van der Waals surface area contributed by atoms with E-state index in [4.69, 9.17) is 15.3 Å². The van der Waals surface area contributed by atoms with Crippen molar-refractivity contribution in [2.75, 3.05) is 0 Å². The van der Waals surface area contributed by atoms with Gasteiger partial charge in [-0.05, 0) is 6.42 Å². The van der Waals surface area contributed by atoms with Crippen molar-refractivity contribution in [3.63, 3.8) is 0 Å². The molecule has 0 saturated carbocycles. The second-order valence-electron chi connectivity index (χ2n) is 5.95. The normalized spacial score (nSPS) is 13.7. The van der Waals surface area contributed by atoms with Gasteiger partial charge in [0.05, 0.1) is 12.3 Å². The number of carbonyl (C=O) groups is 3. The third-order valence-corrected chi connectivity index (χ3v) is 4.01. The van der Waals surface area contributed by atoms with Crippen LogP contribution in [0.3, 0.4) is 0 Å². The predicted octanol–water partition coefficient (Wildman–Crippen LogP) is -3.26. The van der Waals surface area contributed by atoms with Gasteiger partial charge in [-0.3, -0.25) is 9.59 Å². The zero-order valence-electron chi connectivity index (χ0n) is 17.7. The van der Waals surface area contributed by atoms with E-state index >= 15 is 0 Å². The van der Waals surface area contributed by atoms with E-state index in [-0.39, 0.29) is 68.4 Å². The molecule has 4 N–H and O–H groups in total. The molecular formula is C16H30Na2O7. The van der Waals surface area contributed by atoms with Crippen molar-refractivity contribution < 1.29 is 96.8 Å². The molecule has 0 radical (unpaired) electrons. The number of aliphatic hydroxyl groups is 1. The Hall–Kier alpha value is 0.370. The van der Waals surface area contributed by atoms with Gasteiger partial charge in [0.15, 0.2) is 5.60 Å². The number of hydrogen-bond donors (Lipinski definition) is 4. The minimum atomic E-state index is -2.78. The Kier molecular flexibility index (Phi) is 19.9. The molecular weight excluding hydrogens is 350 g/mol. The van der Waals surface area contributed by atoms with Crippen LogP contribution in [0.15, 0.2) is 0 Å². The summed E-state index contributed by atoms with van der Waals surface area (Å²) in [7, 11) is 0. The van der Waals surface area contributed by atoms with Crippen molar-refractivity contribution in [1.82, 2.24) is 0 Å². The Bertz CT molecular complexity index is 414. The molecule has 2 atom stereocenters. The van der Waals surface area contributed by atoms with Gasteiger partial charge in [0.25, 0.3) is 0 Å². The van der Waals surface area contributed by atoms with Gasteiger partial charge in [0.2, 0.25) is 0 Å². The van der Waals surface area contributed by atoms with Crippen molar-refractivity contribution in [2.45, 2.75) is 76.7 Å². The molecule has 0 saturated heterocycles. The van der Waals surface area contributed by atoms with Crippen LogP contribution in [0.25, 0.3) is 0 Å². The first-order valence-corrected chi connectivity index (χ1v) is 8.16. The summed E-state index contributed by atoms with van der Waals surface area (Å²) in [5.74, 6) is -6.47. The van der Waals surface area contributed by atoms with Crippen molar-refractivity contribution in [2.24, 2.45) is 5.92 Å². The number of carboxylic acids is 3. The van der Waals surface area contributed by atoms with E-state index in [1.165, 1.54) is 12.8 Å². The van der Waals surface area contributed by atoms with E-state index in [1.54, 1.807) is 0 Å². The molecule has 0 fully saturated rings. The molecule has 0 amide bonds. The van der Waals surface area contributed by atoms with Crippen LogP contribution >= 0.6 is 0 Å². The molecule has 0 aromatic heterocycles. The molecule has 0 heterocycles. The van der Waals surface area contributed by atoms with Crippen molar-refractivity contribution in [1.29, 1.82) is 0 Å². The van der Waals surface area contributed by atoms with E-state index in [0.717, 1.165) is 32.1 Å². The van der Waals surface area contributed by atoms with Crippen LogP contribution in [0.5, 0.6) is 0 Å². The molecule has 0 aromatic rings. The van der Waals surface area contributed by atoms with Gasteiger partial charge < -0.3 is 23.3 Å². The van der Waals surface area contributed by atoms with Crippen LogP contribution in [0.1, 0.15) is 74.0 Å². The summed E-state index contributed by atoms with van der Waals surface area (Å²) in [5.41, 5.74) is -2.78. The largest absolute Gasteiger partial charge is 1.00 e. The first kappa shape index (κ1) is 30.1. The minimum absolute atomic E-state index is 0. The smallest absolute Gasteiger partial charge is 1.00 e. The zero-order valence-corrected chi connectivity index (χ0v) is 19.7. The van der Waals surface area contributed by atoms with E-state index in [1.807, 2.05) is 0 Å². The monoisotopic (exact) mass is 380 g/mol. The number of aliphatic carboxylic acids is 3. The summed E-state index contributed by atoms with van der Waals surface area (Å²) in [5, 5.41) is 37.0. The molecule has 0 aromatic carbocycles. The fraction of sp³-hybridized carbons (Fsp3) is 0.812. The number of unbranched alkanes of at least 4 members (excludes halogenated alkanes) is 7. The predicted molar refractivity (Wildman–Crippen MR) is 85.4 cm³/mol. The van der Waals surface area contributed by atoms with Crippen LogP contribution in [-0.2, 0) is 14.4 Å². The number of carboxylic acid groups (broad SMARTS) is 3. The van der Waals surface area contributed by atoms with Gasteiger partial charge in [-0.15, -0.1) is 0 Å². The number of hydrogen-bond acceptors (Lipinski definition) is 4. The molecule has 7 nitrogen and oxygen atoms in total. The summed E-state index contributed by atoms with van der Waals surface area (Å²) in [6, 6.07) is 0. The van der Waals surface area contributed by atoms with E-state index in [0.29, 0.717) is 6.42 Å². The maximum atomic E-state index is 11.3. The third-order valence-electron chi connectivity index (χ3n) is 4.01. The van der Waals surface area contributed by atoms with Gasteiger partial charge in [-0.25, -0.2) is 4.79 Å². The van der Waals surface area contributed by atoms with Crippen LogP contribution < -0.4 is 59.1 Å². The van der Waals surface area contributed by atoms with Crippen molar-refractivity contribution in [3.05, 3.63) is 0 Å².